The van der Waals surface area contributed by atoms with Crippen molar-refractivity contribution in [1.29, 1.82) is 0 Å². The minimum Gasteiger partial charge on any atom is -0.493 e. The average Bonchev–Trinajstić information content (AvgIpc) is 2.73. The number of ether oxygens (including phenoxy) is 1. The van der Waals surface area contributed by atoms with Crippen LogP contribution in [0.15, 0.2) is 21.6 Å². The number of nitrogens with two attached hydrogens (primary N) is 1. The Balaban J connectivity index is 2.57. The second-order valence-corrected chi connectivity index (χ2v) is 6.51. The quantitative estimate of drug-likeness (QED) is 0.909. The maximum absolute atomic E-state index is 5.95. The monoisotopic (exact) mass is 325 g/mol. The van der Waals surface area contributed by atoms with E-state index >= 15 is 0 Å². The molecule has 0 fully saturated rings. The Kier molecular flexibility index (Phi) is 3.76. The first-order valence-corrected chi connectivity index (χ1v) is 7.09. The molecule has 0 atom stereocenters. The summed E-state index contributed by atoms with van der Waals surface area (Å²) in [5.74, 6) is 1.35. The van der Waals surface area contributed by atoms with Gasteiger partial charge in [-0.15, -0.1) is 0 Å². The zero-order valence-electron chi connectivity index (χ0n) is 11.8. The highest BCUT2D eigenvalue weighted by atomic mass is 79.9. The van der Waals surface area contributed by atoms with E-state index in [2.05, 4.69) is 53.8 Å². The van der Waals surface area contributed by atoms with Crippen molar-refractivity contribution in [1.82, 2.24) is 0 Å². The molecule has 1 aliphatic rings. The highest BCUT2D eigenvalue weighted by molar-refractivity contribution is 9.10. The fourth-order valence-corrected chi connectivity index (χ4v) is 2.73. The van der Waals surface area contributed by atoms with Gasteiger partial charge in [0.2, 0.25) is 0 Å². The first kappa shape index (κ1) is 14.2. The molecule has 0 saturated heterocycles. The van der Waals surface area contributed by atoms with Gasteiger partial charge in [-0.25, -0.2) is 0 Å². The fraction of sp³-hybridized carbons (Fsp3) is 0.500. The molecule has 0 bridgehead atoms. The Morgan fingerprint density at radius 3 is 2.53 bits per heavy atom. The molecule has 0 spiro atoms. The van der Waals surface area contributed by atoms with Crippen LogP contribution in [0.2, 0.25) is 0 Å². The van der Waals surface area contributed by atoms with E-state index in [0.29, 0.717) is 5.96 Å². The molecular formula is C14H20BrN3O. The van der Waals surface area contributed by atoms with Gasteiger partial charge < -0.3 is 15.4 Å². The number of methoxy groups -OCH3 is 1. The second-order valence-electron chi connectivity index (χ2n) is 5.65. The van der Waals surface area contributed by atoms with Gasteiger partial charge in [-0.2, -0.15) is 0 Å². The van der Waals surface area contributed by atoms with Crippen LogP contribution in [0.25, 0.3) is 0 Å². The molecule has 0 radical (unpaired) electrons. The Bertz CT molecular complexity index is 520. The highest BCUT2D eigenvalue weighted by Gasteiger charge is 2.24. The molecule has 1 aromatic rings. The van der Waals surface area contributed by atoms with Crippen LogP contribution < -0.4 is 15.4 Å². The number of rotatable bonds is 2. The molecule has 0 amide bonds. The van der Waals surface area contributed by atoms with Crippen LogP contribution in [0, 0.1) is 0 Å². The van der Waals surface area contributed by atoms with Crippen LogP contribution in [0.4, 0.5) is 5.69 Å². The van der Waals surface area contributed by atoms with Crippen molar-refractivity contribution >= 4 is 27.6 Å². The van der Waals surface area contributed by atoms with Gasteiger partial charge in [0.15, 0.2) is 11.7 Å². The minimum atomic E-state index is 0.0647. The maximum atomic E-state index is 5.95. The predicted molar refractivity (Wildman–Crippen MR) is 83.2 cm³/mol. The predicted octanol–water partition coefficient (Wildman–Crippen LogP) is 2.89. The lowest BCUT2D eigenvalue weighted by Gasteiger charge is -2.26. The molecule has 4 nitrogen and oxygen atoms in total. The zero-order chi connectivity index (χ0) is 14.2. The second kappa shape index (κ2) is 5.04. The Morgan fingerprint density at radius 1 is 1.37 bits per heavy atom. The molecule has 5 heteroatoms. The summed E-state index contributed by atoms with van der Waals surface area (Å²) >= 11 is 3.59. The normalized spacial score (nSPS) is 15.6. The molecule has 0 aliphatic carbocycles. The van der Waals surface area contributed by atoms with E-state index in [1.165, 1.54) is 5.56 Å². The molecule has 0 saturated carbocycles. The number of benzene rings is 1. The van der Waals surface area contributed by atoms with Crippen molar-refractivity contribution in [3.63, 3.8) is 0 Å². The third kappa shape index (κ3) is 2.71. The van der Waals surface area contributed by atoms with Crippen LogP contribution in [0.1, 0.15) is 26.3 Å². The van der Waals surface area contributed by atoms with E-state index in [9.17, 15) is 0 Å². The van der Waals surface area contributed by atoms with Crippen molar-refractivity contribution in [2.24, 2.45) is 10.7 Å². The fourth-order valence-electron chi connectivity index (χ4n) is 2.12. The number of hydrogen-bond donors (Lipinski definition) is 1. The van der Waals surface area contributed by atoms with Gasteiger partial charge in [-0.05, 0) is 39.0 Å². The maximum Gasteiger partial charge on any atom is 0.196 e. The lowest BCUT2D eigenvalue weighted by Crippen LogP contribution is -2.34. The summed E-state index contributed by atoms with van der Waals surface area (Å²) in [5, 5.41) is 0. The van der Waals surface area contributed by atoms with Crippen LogP contribution in [0.5, 0.6) is 5.75 Å². The molecule has 1 heterocycles. The first-order chi connectivity index (χ1) is 8.84. The standard InChI is InChI=1S/C14H20BrN3O/c1-14(2,3)9-7-10(15)12(19-4)11(8-9)18-6-5-17-13(18)16/h7-8H,5-6H2,1-4H3,(H2,16,17). The van der Waals surface area contributed by atoms with E-state index in [0.717, 1.165) is 29.0 Å². The van der Waals surface area contributed by atoms with E-state index in [1.54, 1.807) is 7.11 Å². The molecule has 0 unspecified atom stereocenters. The van der Waals surface area contributed by atoms with Crippen molar-refractivity contribution in [3.05, 3.63) is 22.2 Å². The van der Waals surface area contributed by atoms with Gasteiger partial charge in [-0.1, -0.05) is 20.8 Å². The van der Waals surface area contributed by atoms with Gasteiger partial charge in [0.25, 0.3) is 0 Å². The lowest BCUT2D eigenvalue weighted by atomic mass is 9.86. The van der Waals surface area contributed by atoms with Crippen LogP contribution in [-0.2, 0) is 5.41 Å². The van der Waals surface area contributed by atoms with Gasteiger partial charge in [0.05, 0.1) is 23.8 Å². The topological polar surface area (TPSA) is 50.8 Å². The largest absolute Gasteiger partial charge is 0.493 e. The molecular weight excluding hydrogens is 306 g/mol. The Morgan fingerprint density at radius 2 is 2.05 bits per heavy atom. The van der Waals surface area contributed by atoms with Gasteiger partial charge in [-0.3, -0.25) is 4.99 Å². The summed E-state index contributed by atoms with van der Waals surface area (Å²) in [6.07, 6.45) is 0. The third-order valence-electron chi connectivity index (χ3n) is 3.26. The van der Waals surface area contributed by atoms with Crippen molar-refractivity contribution in [2.75, 3.05) is 25.1 Å². The summed E-state index contributed by atoms with van der Waals surface area (Å²) in [4.78, 5) is 6.24. The number of aliphatic imine (C=N–C) groups is 1. The van der Waals surface area contributed by atoms with Crippen LogP contribution in [-0.4, -0.2) is 26.2 Å². The smallest absolute Gasteiger partial charge is 0.196 e. The minimum absolute atomic E-state index is 0.0647. The number of guanidine groups is 1. The summed E-state index contributed by atoms with van der Waals surface area (Å²) in [5.41, 5.74) is 8.22. The van der Waals surface area contributed by atoms with Gasteiger partial charge in [0, 0.05) is 6.54 Å². The third-order valence-corrected chi connectivity index (χ3v) is 3.85. The van der Waals surface area contributed by atoms with E-state index in [4.69, 9.17) is 10.5 Å². The molecule has 0 aromatic heterocycles. The lowest BCUT2D eigenvalue weighted by molar-refractivity contribution is 0.412. The number of halogens is 1. The number of nitrogens with zero attached hydrogens (tertiary/aromatic N) is 2. The van der Waals surface area contributed by atoms with Crippen molar-refractivity contribution < 1.29 is 4.74 Å². The SMILES string of the molecule is COc1c(Br)cc(C(C)(C)C)cc1N1CCN=C1N. The van der Waals surface area contributed by atoms with E-state index in [-0.39, 0.29) is 5.41 Å². The molecule has 2 rings (SSSR count). The van der Waals surface area contributed by atoms with Gasteiger partial charge >= 0.3 is 0 Å². The summed E-state index contributed by atoms with van der Waals surface area (Å²) in [6, 6.07) is 4.24. The Labute approximate surface area is 122 Å². The first-order valence-electron chi connectivity index (χ1n) is 6.30. The average molecular weight is 326 g/mol. The molecule has 104 valence electrons. The summed E-state index contributed by atoms with van der Waals surface area (Å²) in [7, 11) is 1.67. The number of hydrogen-bond acceptors (Lipinski definition) is 4. The van der Waals surface area contributed by atoms with Crippen LogP contribution >= 0.6 is 15.9 Å². The number of anilines is 1. The summed E-state index contributed by atoms with van der Waals surface area (Å²) in [6.45, 7) is 8.08. The molecule has 1 aliphatic heterocycles. The van der Waals surface area contributed by atoms with E-state index in [1.807, 2.05) is 4.90 Å². The summed E-state index contributed by atoms with van der Waals surface area (Å²) < 4.78 is 6.45. The highest BCUT2D eigenvalue weighted by Crippen LogP contribution is 2.40. The van der Waals surface area contributed by atoms with E-state index < -0.39 is 0 Å². The Hall–Kier alpha value is -1.23. The van der Waals surface area contributed by atoms with Crippen molar-refractivity contribution in [3.8, 4) is 5.75 Å². The molecule has 2 N–H and O–H groups in total. The van der Waals surface area contributed by atoms with Crippen molar-refractivity contribution in [2.45, 2.75) is 26.2 Å². The molecule has 1 aromatic carbocycles. The zero-order valence-corrected chi connectivity index (χ0v) is 13.4. The van der Waals surface area contributed by atoms with Gasteiger partial charge in [0.1, 0.15) is 0 Å². The molecule has 19 heavy (non-hydrogen) atoms. The van der Waals surface area contributed by atoms with Crippen LogP contribution in [0.3, 0.4) is 0 Å².